The summed E-state index contributed by atoms with van der Waals surface area (Å²) in [6.45, 7) is 1.97. The average molecular weight is 415 g/mol. The van der Waals surface area contributed by atoms with Gasteiger partial charge >= 0.3 is 0 Å². The van der Waals surface area contributed by atoms with Crippen LogP contribution < -0.4 is 14.8 Å². The van der Waals surface area contributed by atoms with Crippen molar-refractivity contribution < 1.29 is 18.8 Å². The van der Waals surface area contributed by atoms with E-state index in [4.69, 9.17) is 14.0 Å². The van der Waals surface area contributed by atoms with E-state index in [0.29, 0.717) is 28.8 Å². The van der Waals surface area contributed by atoms with Gasteiger partial charge < -0.3 is 19.3 Å². The van der Waals surface area contributed by atoms with Gasteiger partial charge in [-0.2, -0.15) is 4.98 Å². The number of anilines is 1. The van der Waals surface area contributed by atoms with Gasteiger partial charge in [-0.1, -0.05) is 47.6 Å². The number of hydrogen-bond donors (Lipinski definition) is 1. The first-order chi connectivity index (χ1) is 15.2. The number of aryl methyl sites for hydroxylation is 1. The summed E-state index contributed by atoms with van der Waals surface area (Å²) >= 11 is 0. The van der Waals surface area contributed by atoms with Crippen LogP contribution in [-0.4, -0.2) is 22.7 Å². The number of nitrogens with one attached hydrogen (secondary N) is 1. The van der Waals surface area contributed by atoms with Crippen molar-refractivity contribution in [3.05, 3.63) is 90.3 Å². The molecule has 1 aromatic heterocycles. The van der Waals surface area contributed by atoms with Gasteiger partial charge in [-0.25, -0.2) is 0 Å². The van der Waals surface area contributed by atoms with Crippen molar-refractivity contribution in [2.75, 3.05) is 11.9 Å². The Labute approximate surface area is 179 Å². The molecule has 0 spiro atoms. The van der Waals surface area contributed by atoms with Crippen molar-refractivity contribution >= 4 is 11.6 Å². The second-order valence-electron chi connectivity index (χ2n) is 6.82. The smallest absolute Gasteiger partial charge is 0.264 e. The van der Waals surface area contributed by atoms with Crippen LogP contribution in [-0.2, 0) is 11.4 Å². The molecular weight excluding hydrogens is 394 g/mol. The highest BCUT2D eigenvalue weighted by Crippen LogP contribution is 2.28. The lowest BCUT2D eigenvalue weighted by Crippen LogP contribution is -2.20. The first-order valence-electron chi connectivity index (χ1n) is 9.76. The van der Waals surface area contributed by atoms with Crippen LogP contribution in [0.1, 0.15) is 11.5 Å². The molecule has 0 bridgehead atoms. The summed E-state index contributed by atoms with van der Waals surface area (Å²) in [6.07, 6.45) is 0. The molecule has 7 nitrogen and oxygen atoms in total. The maximum Gasteiger partial charge on any atom is 0.264 e. The lowest BCUT2D eigenvalue weighted by molar-refractivity contribution is -0.118. The van der Waals surface area contributed by atoms with Crippen LogP contribution >= 0.6 is 0 Å². The van der Waals surface area contributed by atoms with E-state index in [0.717, 1.165) is 11.3 Å². The Kier molecular flexibility index (Phi) is 6.23. The maximum absolute atomic E-state index is 12.3. The van der Waals surface area contributed by atoms with Crippen LogP contribution in [0.2, 0.25) is 0 Å². The molecule has 0 unspecified atom stereocenters. The van der Waals surface area contributed by atoms with E-state index in [2.05, 4.69) is 15.5 Å². The summed E-state index contributed by atoms with van der Waals surface area (Å²) in [5.74, 6) is 1.64. The topological polar surface area (TPSA) is 86.5 Å². The minimum absolute atomic E-state index is 0.146. The van der Waals surface area contributed by atoms with Crippen molar-refractivity contribution in [1.29, 1.82) is 0 Å². The van der Waals surface area contributed by atoms with Crippen molar-refractivity contribution in [2.45, 2.75) is 13.5 Å². The van der Waals surface area contributed by atoms with Gasteiger partial charge in [-0.3, -0.25) is 4.79 Å². The summed E-state index contributed by atoms with van der Waals surface area (Å²) in [5, 5.41) is 6.84. The van der Waals surface area contributed by atoms with E-state index in [1.807, 2.05) is 73.7 Å². The normalized spacial score (nSPS) is 10.5. The Morgan fingerprint density at radius 2 is 1.77 bits per heavy atom. The number of benzene rings is 3. The highest BCUT2D eigenvalue weighted by Gasteiger charge is 2.15. The van der Waals surface area contributed by atoms with Crippen LogP contribution in [0.5, 0.6) is 11.5 Å². The molecule has 1 N–H and O–H groups in total. The molecule has 0 saturated heterocycles. The van der Waals surface area contributed by atoms with E-state index in [1.54, 1.807) is 12.1 Å². The Hall–Kier alpha value is -4.13. The first-order valence-corrected chi connectivity index (χ1v) is 9.76. The molecule has 156 valence electrons. The van der Waals surface area contributed by atoms with Crippen LogP contribution in [0.25, 0.3) is 11.4 Å². The SMILES string of the molecule is Cc1cccc(NC(=O)COc2ccccc2-c2noc(COc3ccccc3)n2)c1. The fourth-order valence-corrected chi connectivity index (χ4v) is 2.93. The second kappa shape index (κ2) is 9.58. The van der Waals surface area contributed by atoms with Gasteiger partial charge in [0.05, 0.1) is 5.56 Å². The summed E-state index contributed by atoms with van der Waals surface area (Å²) in [5.41, 5.74) is 2.41. The number of carbonyl (C=O) groups is 1. The number of hydrogen-bond acceptors (Lipinski definition) is 6. The Morgan fingerprint density at radius 1 is 0.968 bits per heavy atom. The number of ether oxygens (including phenoxy) is 2. The minimum atomic E-state index is -0.259. The lowest BCUT2D eigenvalue weighted by atomic mass is 10.2. The quantitative estimate of drug-likeness (QED) is 0.451. The third kappa shape index (κ3) is 5.48. The fourth-order valence-electron chi connectivity index (χ4n) is 2.93. The molecule has 0 aliphatic rings. The maximum atomic E-state index is 12.3. The summed E-state index contributed by atoms with van der Waals surface area (Å²) in [4.78, 5) is 16.6. The van der Waals surface area contributed by atoms with Gasteiger partial charge in [-0.15, -0.1) is 0 Å². The van der Waals surface area contributed by atoms with E-state index in [1.165, 1.54) is 0 Å². The number of carbonyl (C=O) groups excluding carboxylic acids is 1. The lowest BCUT2D eigenvalue weighted by Gasteiger charge is -2.10. The first kappa shape index (κ1) is 20.2. The molecule has 1 amide bonds. The van der Waals surface area contributed by atoms with Crippen LogP contribution in [0, 0.1) is 6.92 Å². The molecule has 0 saturated carbocycles. The second-order valence-corrected chi connectivity index (χ2v) is 6.82. The number of aromatic nitrogens is 2. The number of nitrogens with zero attached hydrogens (tertiary/aromatic N) is 2. The van der Waals surface area contributed by atoms with Crippen LogP contribution in [0.4, 0.5) is 5.69 Å². The van der Waals surface area contributed by atoms with Gasteiger partial charge in [0.15, 0.2) is 13.2 Å². The standard InChI is InChI=1S/C24H21N3O4/c1-17-8-7-9-18(14-17)25-22(28)15-30-21-13-6-5-12-20(21)24-26-23(31-27-24)16-29-19-10-3-2-4-11-19/h2-14H,15-16H2,1H3,(H,25,28). The molecule has 4 rings (SSSR count). The Bertz CT molecular complexity index is 1160. The highest BCUT2D eigenvalue weighted by atomic mass is 16.5. The predicted molar refractivity (Wildman–Crippen MR) is 116 cm³/mol. The third-order valence-electron chi connectivity index (χ3n) is 4.36. The molecule has 7 heteroatoms. The zero-order valence-corrected chi connectivity index (χ0v) is 16.9. The van der Waals surface area contributed by atoms with Gasteiger partial charge in [0.2, 0.25) is 5.82 Å². The minimum Gasteiger partial charge on any atom is -0.484 e. The van der Waals surface area contributed by atoms with Crippen molar-refractivity contribution in [3.8, 4) is 22.9 Å². The number of para-hydroxylation sites is 2. The van der Waals surface area contributed by atoms with Crippen molar-refractivity contribution in [3.63, 3.8) is 0 Å². The monoisotopic (exact) mass is 415 g/mol. The molecule has 3 aromatic carbocycles. The van der Waals surface area contributed by atoms with Crippen LogP contribution in [0.3, 0.4) is 0 Å². The molecule has 0 aliphatic heterocycles. The molecule has 0 aliphatic carbocycles. The zero-order chi connectivity index (χ0) is 21.5. The number of rotatable bonds is 8. The molecule has 31 heavy (non-hydrogen) atoms. The van der Waals surface area contributed by atoms with Gasteiger partial charge in [0.25, 0.3) is 11.8 Å². The largest absolute Gasteiger partial charge is 0.484 e. The Balaban J connectivity index is 1.39. The van der Waals surface area contributed by atoms with E-state index in [9.17, 15) is 4.79 Å². The van der Waals surface area contributed by atoms with E-state index in [-0.39, 0.29) is 19.1 Å². The highest BCUT2D eigenvalue weighted by molar-refractivity contribution is 5.92. The summed E-state index contributed by atoms with van der Waals surface area (Å²) in [6, 6.07) is 24.2. The molecule has 4 aromatic rings. The fraction of sp³-hybridized carbons (Fsp3) is 0.125. The summed E-state index contributed by atoms with van der Waals surface area (Å²) < 4.78 is 16.7. The van der Waals surface area contributed by atoms with Crippen LogP contribution in [0.15, 0.2) is 83.4 Å². The third-order valence-corrected chi connectivity index (χ3v) is 4.36. The zero-order valence-electron chi connectivity index (χ0n) is 16.9. The van der Waals surface area contributed by atoms with E-state index < -0.39 is 0 Å². The van der Waals surface area contributed by atoms with Gasteiger partial charge in [0, 0.05) is 5.69 Å². The average Bonchev–Trinajstić information content (AvgIpc) is 3.26. The molecular formula is C24H21N3O4. The number of amides is 1. The Morgan fingerprint density at radius 3 is 2.61 bits per heavy atom. The van der Waals surface area contributed by atoms with Crippen molar-refractivity contribution in [1.82, 2.24) is 10.1 Å². The van der Waals surface area contributed by atoms with Gasteiger partial charge in [-0.05, 0) is 48.9 Å². The molecule has 0 radical (unpaired) electrons. The molecule has 0 atom stereocenters. The molecule has 0 fully saturated rings. The molecule has 1 heterocycles. The van der Waals surface area contributed by atoms with Crippen molar-refractivity contribution in [2.24, 2.45) is 0 Å². The van der Waals surface area contributed by atoms with E-state index >= 15 is 0 Å². The summed E-state index contributed by atoms with van der Waals surface area (Å²) in [7, 11) is 0. The predicted octanol–water partition coefficient (Wildman–Crippen LogP) is 4.64. The van der Waals surface area contributed by atoms with Gasteiger partial charge in [0.1, 0.15) is 11.5 Å².